The van der Waals surface area contributed by atoms with Gasteiger partial charge in [0.25, 0.3) is 0 Å². The molecule has 1 aliphatic rings. The molecule has 3 aromatic carbocycles. The molecule has 4 rings (SSSR count). The van der Waals surface area contributed by atoms with Gasteiger partial charge in [-0.05, 0) is 48.0 Å². The van der Waals surface area contributed by atoms with Crippen molar-refractivity contribution < 1.29 is 22.6 Å². The summed E-state index contributed by atoms with van der Waals surface area (Å²) >= 11 is 6.07. The summed E-state index contributed by atoms with van der Waals surface area (Å²) < 4.78 is 40.1. The Morgan fingerprint density at radius 1 is 0.912 bits per heavy atom. The van der Waals surface area contributed by atoms with Crippen LogP contribution in [0.3, 0.4) is 0 Å². The van der Waals surface area contributed by atoms with E-state index in [2.05, 4.69) is 0 Å². The van der Waals surface area contributed by atoms with E-state index in [1.165, 1.54) is 12.1 Å². The van der Waals surface area contributed by atoms with E-state index in [4.69, 9.17) is 36.1 Å². The lowest BCUT2D eigenvalue weighted by atomic mass is 9.97. The maximum atomic E-state index is 11.7. The maximum absolute atomic E-state index is 11.7. The number of halogens is 1. The number of nitrogens with two attached hydrogens (primary N) is 1. The van der Waals surface area contributed by atoms with Crippen LogP contribution in [0, 0.1) is 0 Å². The van der Waals surface area contributed by atoms with Gasteiger partial charge in [0.05, 0.1) is 43.7 Å². The van der Waals surface area contributed by atoms with Crippen LogP contribution in [-0.2, 0) is 10.0 Å². The monoisotopic (exact) mass is 501 g/mol. The Morgan fingerprint density at radius 2 is 1.50 bits per heavy atom. The zero-order valence-corrected chi connectivity index (χ0v) is 20.4. The van der Waals surface area contributed by atoms with E-state index in [1.54, 1.807) is 39.5 Å². The van der Waals surface area contributed by atoms with Crippen molar-refractivity contribution in [3.63, 3.8) is 0 Å². The SMILES string of the molecule is COc1cc(OC)c(C2CC(c3ccc(Cl)cc3)=NN2c2ccc(S(N)(=O)=O)cc2)cc1OC. The third-order valence-corrected chi connectivity index (χ3v) is 6.79. The van der Waals surface area contributed by atoms with Crippen LogP contribution in [0.5, 0.6) is 17.2 Å². The number of benzene rings is 3. The van der Waals surface area contributed by atoms with Crippen LogP contribution in [0.25, 0.3) is 0 Å². The highest BCUT2D eigenvalue weighted by Crippen LogP contribution is 2.44. The van der Waals surface area contributed by atoms with Crippen LogP contribution in [-0.4, -0.2) is 35.5 Å². The summed E-state index contributed by atoms with van der Waals surface area (Å²) in [6.45, 7) is 0. The van der Waals surface area contributed by atoms with Gasteiger partial charge in [-0.15, -0.1) is 0 Å². The minimum atomic E-state index is -3.81. The lowest BCUT2D eigenvalue weighted by molar-refractivity contribution is 0.346. The van der Waals surface area contributed by atoms with E-state index >= 15 is 0 Å². The van der Waals surface area contributed by atoms with Crippen LogP contribution in [0.2, 0.25) is 5.02 Å². The number of anilines is 1. The highest BCUT2D eigenvalue weighted by Gasteiger charge is 2.33. The Balaban J connectivity index is 1.83. The topological polar surface area (TPSA) is 103 Å². The van der Waals surface area contributed by atoms with E-state index in [0.717, 1.165) is 16.8 Å². The Morgan fingerprint density at radius 3 is 2.06 bits per heavy atom. The van der Waals surface area contributed by atoms with E-state index in [0.29, 0.717) is 34.4 Å². The van der Waals surface area contributed by atoms with Gasteiger partial charge in [-0.1, -0.05) is 23.7 Å². The first-order valence-electron chi connectivity index (χ1n) is 10.3. The number of nitrogens with zero attached hydrogens (tertiary/aromatic N) is 2. The molecule has 1 aliphatic heterocycles. The Bertz CT molecular complexity index is 1330. The molecule has 1 heterocycles. The standard InChI is InChI=1S/C24H24ClN3O5S/c1-31-22-14-24(33-3)23(32-2)12-19(22)21-13-20(15-4-6-16(25)7-5-15)27-28(21)17-8-10-18(11-9-17)34(26,29)30/h4-12,14,21H,13H2,1-3H3,(H2,26,29,30). The average molecular weight is 502 g/mol. The molecule has 8 nitrogen and oxygen atoms in total. The van der Waals surface area contributed by atoms with Gasteiger partial charge in [0.2, 0.25) is 10.0 Å². The third kappa shape index (κ3) is 4.68. The predicted octanol–water partition coefficient (Wildman–Crippen LogP) is 4.37. The van der Waals surface area contributed by atoms with Crippen molar-refractivity contribution in [2.75, 3.05) is 26.3 Å². The van der Waals surface area contributed by atoms with Crippen molar-refractivity contribution in [1.29, 1.82) is 0 Å². The van der Waals surface area contributed by atoms with Crippen molar-refractivity contribution in [1.82, 2.24) is 0 Å². The van der Waals surface area contributed by atoms with Gasteiger partial charge in [-0.2, -0.15) is 5.10 Å². The first kappa shape index (κ1) is 23.9. The molecular weight excluding hydrogens is 478 g/mol. The summed E-state index contributed by atoms with van der Waals surface area (Å²) in [7, 11) is 0.913. The molecule has 0 bridgehead atoms. The lowest BCUT2D eigenvalue weighted by Gasteiger charge is -2.26. The second kappa shape index (κ2) is 9.54. The fourth-order valence-electron chi connectivity index (χ4n) is 3.91. The Kier molecular flexibility index (Phi) is 6.70. The highest BCUT2D eigenvalue weighted by molar-refractivity contribution is 7.89. The summed E-state index contributed by atoms with van der Waals surface area (Å²) in [5.41, 5.74) is 3.30. The molecule has 0 radical (unpaired) electrons. The zero-order valence-electron chi connectivity index (χ0n) is 18.9. The number of hydrogen-bond donors (Lipinski definition) is 1. The van der Waals surface area contributed by atoms with Gasteiger partial charge in [0.15, 0.2) is 11.5 Å². The van der Waals surface area contributed by atoms with Gasteiger partial charge >= 0.3 is 0 Å². The molecule has 1 atom stereocenters. The molecule has 0 saturated heterocycles. The van der Waals surface area contributed by atoms with Gasteiger partial charge in [0, 0.05) is 23.1 Å². The summed E-state index contributed by atoms with van der Waals surface area (Å²) in [4.78, 5) is 0.0256. The van der Waals surface area contributed by atoms with Gasteiger partial charge in [-0.25, -0.2) is 13.6 Å². The highest BCUT2D eigenvalue weighted by atomic mass is 35.5. The van der Waals surface area contributed by atoms with Crippen molar-refractivity contribution in [3.05, 3.63) is 76.8 Å². The number of hydrazone groups is 1. The van der Waals surface area contributed by atoms with Crippen LogP contribution in [0.4, 0.5) is 5.69 Å². The summed E-state index contributed by atoms with van der Waals surface area (Å²) in [6.07, 6.45) is 0.560. The number of ether oxygens (including phenoxy) is 3. The summed E-state index contributed by atoms with van der Waals surface area (Å²) in [5.74, 6) is 1.72. The minimum absolute atomic E-state index is 0.0256. The largest absolute Gasteiger partial charge is 0.496 e. The smallest absolute Gasteiger partial charge is 0.238 e. The fraction of sp³-hybridized carbons (Fsp3) is 0.208. The predicted molar refractivity (Wildman–Crippen MR) is 132 cm³/mol. The quantitative estimate of drug-likeness (QED) is 0.515. The maximum Gasteiger partial charge on any atom is 0.238 e. The molecule has 0 spiro atoms. The van der Waals surface area contributed by atoms with Crippen molar-refractivity contribution in [2.24, 2.45) is 10.2 Å². The van der Waals surface area contributed by atoms with Crippen LogP contribution in [0.1, 0.15) is 23.6 Å². The molecule has 2 N–H and O–H groups in total. The van der Waals surface area contributed by atoms with E-state index < -0.39 is 10.0 Å². The number of hydrogen-bond acceptors (Lipinski definition) is 7. The van der Waals surface area contributed by atoms with Crippen LogP contribution in [0.15, 0.2) is 70.7 Å². The first-order chi connectivity index (χ1) is 16.2. The fourth-order valence-corrected chi connectivity index (χ4v) is 4.55. The molecule has 3 aromatic rings. The number of sulfonamides is 1. The molecule has 1 unspecified atom stereocenters. The molecule has 178 valence electrons. The van der Waals surface area contributed by atoms with Crippen LogP contribution >= 0.6 is 11.6 Å². The minimum Gasteiger partial charge on any atom is -0.496 e. The summed E-state index contributed by atoms with van der Waals surface area (Å²) in [6, 6.07) is 17.1. The number of methoxy groups -OCH3 is 3. The van der Waals surface area contributed by atoms with Crippen molar-refractivity contribution >= 4 is 33.0 Å². The molecule has 10 heteroatoms. The van der Waals surface area contributed by atoms with Gasteiger partial charge < -0.3 is 14.2 Å². The second-order valence-electron chi connectivity index (χ2n) is 7.61. The molecule has 0 amide bonds. The molecule has 0 saturated carbocycles. The van der Waals surface area contributed by atoms with E-state index in [1.807, 2.05) is 35.3 Å². The number of primary sulfonamides is 1. The van der Waals surface area contributed by atoms with Gasteiger partial charge in [-0.3, -0.25) is 5.01 Å². The van der Waals surface area contributed by atoms with E-state index in [9.17, 15) is 8.42 Å². The summed E-state index contributed by atoms with van der Waals surface area (Å²) in [5, 5.41) is 12.6. The number of rotatable bonds is 7. The van der Waals surface area contributed by atoms with Crippen molar-refractivity contribution in [3.8, 4) is 17.2 Å². The lowest BCUT2D eigenvalue weighted by Crippen LogP contribution is -2.20. The first-order valence-corrected chi connectivity index (χ1v) is 12.2. The Hall–Kier alpha value is -3.27. The van der Waals surface area contributed by atoms with Crippen LogP contribution < -0.4 is 24.4 Å². The Labute approximate surface area is 203 Å². The third-order valence-electron chi connectivity index (χ3n) is 5.61. The molecule has 0 aliphatic carbocycles. The van der Waals surface area contributed by atoms with E-state index in [-0.39, 0.29) is 10.9 Å². The van der Waals surface area contributed by atoms with Crippen molar-refractivity contribution in [2.45, 2.75) is 17.4 Å². The molecule has 0 aromatic heterocycles. The second-order valence-corrected chi connectivity index (χ2v) is 9.60. The molecule has 0 fully saturated rings. The van der Waals surface area contributed by atoms with Gasteiger partial charge in [0.1, 0.15) is 5.75 Å². The zero-order chi connectivity index (χ0) is 24.5. The molecule has 34 heavy (non-hydrogen) atoms. The molecular formula is C24H24ClN3O5S. The normalized spacial score (nSPS) is 15.7. The average Bonchev–Trinajstić information content (AvgIpc) is 3.28.